The lowest BCUT2D eigenvalue weighted by Crippen LogP contribution is -2.33. The second kappa shape index (κ2) is 5.78. The van der Waals surface area contributed by atoms with Gasteiger partial charge in [0.25, 0.3) is 0 Å². The number of carbonyl (C=O) groups is 1. The van der Waals surface area contributed by atoms with Crippen LogP contribution in [0.4, 0.5) is 5.69 Å². The van der Waals surface area contributed by atoms with E-state index in [9.17, 15) is 4.79 Å². The number of hydrogen-bond donors (Lipinski definition) is 2. The van der Waals surface area contributed by atoms with E-state index in [4.69, 9.17) is 16.7 Å². The van der Waals surface area contributed by atoms with Gasteiger partial charge in [-0.05, 0) is 60.7 Å². The zero-order chi connectivity index (χ0) is 14.8. The number of anilines is 1. The van der Waals surface area contributed by atoms with Crippen molar-refractivity contribution in [3.05, 3.63) is 64.7 Å². The quantitative estimate of drug-likeness (QED) is 0.880. The Morgan fingerprint density at radius 1 is 1.05 bits per heavy atom. The first-order valence-electron chi connectivity index (χ1n) is 6.97. The molecular formula is C17H16ClNO2. The summed E-state index contributed by atoms with van der Waals surface area (Å²) < 4.78 is 0. The minimum Gasteiger partial charge on any atom is -0.478 e. The topological polar surface area (TPSA) is 49.3 Å². The summed E-state index contributed by atoms with van der Waals surface area (Å²) in [6.45, 7) is 0. The predicted molar refractivity (Wildman–Crippen MR) is 84.2 cm³/mol. The zero-order valence-corrected chi connectivity index (χ0v) is 12.2. The SMILES string of the molecule is O=C(O)c1ccc(NC2CC(c3ccc(Cl)cc3)C2)cc1. The van der Waals surface area contributed by atoms with E-state index < -0.39 is 5.97 Å². The Balaban J connectivity index is 1.54. The highest BCUT2D eigenvalue weighted by Gasteiger charge is 2.30. The van der Waals surface area contributed by atoms with E-state index in [0.29, 0.717) is 17.5 Å². The molecule has 1 saturated carbocycles. The van der Waals surface area contributed by atoms with Gasteiger partial charge in [-0.2, -0.15) is 0 Å². The molecule has 0 atom stereocenters. The van der Waals surface area contributed by atoms with Crippen molar-refractivity contribution in [2.24, 2.45) is 0 Å². The van der Waals surface area contributed by atoms with Gasteiger partial charge in [-0.25, -0.2) is 4.79 Å². The molecule has 2 aromatic carbocycles. The molecule has 3 rings (SSSR count). The van der Waals surface area contributed by atoms with Crippen molar-refractivity contribution >= 4 is 23.3 Å². The molecule has 21 heavy (non-hydrogen) atoms. The molecule has 3 nitrogen and oxygen atoms in total. The first-order chi connectivity index (χ1) is 10.1. The van der Waals surface area contributed by atoms with Crippen molar-refractivity contribution < 1.29 is 9.90 Å². The maximum atomic E-state index is 10.8. The highest BCUT2D eigenvalue weighted by atomic mass is 35.5. The average Bonchev–Trinajstić information content (AvgIpc) is 2.44. The summed E-state index contributed by atoms with van der Waals surface area (Å²) in [5, 5.41) is 13.1. The van der Waals surface area contributed by atoms with E-state index in [2.05, 4.69) is 17.4 Å². The lowest BCUT2D eigenvalue weighted by molar-refractivity contribution is 0.0697. The Labute approximate surface area is 128 Å². The van der Waals surface area contributed by atoms with Gasteiger partial charge in [0, 0.05) is 16.8 Å². The maximum absolute atomic E-state index is 10.8. The van der Waals surface area contributed by atoms with Crippen LogP contribution in [0.15, 0.2) is 48.5 Å². The number of carboxylic acids is 1. The highest BCUT2D eigenvalue weighted by molar-refractivity contribution is 6.30. The third-order valence-corrected chi connectivity index (χ3v) is 4.23. The van der Waals surface area contributed by atoms with E-state index in [1.807, 2.05) is 24.3 Å². The minimum absolute atomic E-state index is 0.313. The second-order valence-corrected chi connectivity index (χ2v) is 5.88. The summed E-state index contributed by atoms with van der Waals surface area (Å²) in [7, 11) is 0. The van der Waals surface area contributed by atoms with E-state index >= 15 is 0 Å². The fourth-order valence-corrected chi connectivity index (χ4v) is 2.81. The van der Waals surface area contributed by atoms with Gasteiger partial charge in [0.15, 0.2) is 0 Å². The molecule has 0 amide bonds. The zero-order valence-electron chi connectivity index (χ0n) is 11.4. The second-order valence-electron chi connectivity index (χ2n) is 5.44. The summed E-state index contributed by atoms with van der Waals surface area (Å²) >= 11 is 5.89. The van der Waals surface area contributed by atoms with Crippen LogP contribution in [0.3, 0.4) is 0 Å². The third-order valence-electron chi connectivity index (χ3n) is 3.98. The normalized spacial score (nSPS) is 20.6. The van der Waals surface area contributed by atoms with Crippen LogP contribution in [0.25, 0.3) is 0 Å². The van der Waals surface area contributed by atoms with Crippen LogP contribution < -0.4 is 5.32 Å². The van der Waals surface area contributed by atoms with Crippen molar-refractivity contribution in [1.82, 2.24) is 0 Å². The van der Waals surface area contributed by atoms with Gasteiger partial charge in [-0.15, -0.1) is 0 Å². The summed E-state index contributed by atoms with van der Waals surface area (Å²) in [4.78, 5) is 10.8. The summed E-state index contributed by atoms with van der Waals surface area (Å²) in [6, 6.07) is 15.4. The number of halogens is 1. The van der Waals surface area contributed by atoms with Gasteiger partial charge in [0.05, 0.1) is 5.56 Å². The van der Waals surface area contributed by atoms with Crippen LogP contribution in [-0.2, 0) is 0 Å². The average molecular weight is 302 g/mol. The number of rotatable bonds is 4. The molecule has 108 valence electrons. The number of carboxylic acid groups (broad SMARTS) is 1. The molecule has 1 aliphatic carbocycles. The van der Waals surface area contributed by atoms with Crippen LogP contribution in [0.5, 0.6) is 0 Å². The molecule has 0 heterocycles. The van der Waals surface area contributed by atoms with Crippen molar-refractivity contribution in [2.45, 2.75) is 24.8 Å². The highest BCUT2D eigenvalue weighted by Crippen LogP contribution is 2.38. The number of hydrogen-bond acceptors (Lipinski definition) is 2. The smallest absolute Gasteiger partial charge is 0.335 e. The fourth-order valence-electron chi connectivity index (χ4n) is 2.69. The van der Waals surface area contributed by atoms with E-state index in [1.165, 1.54) is 5.56 Å². The van der Waals surface area contributed by atoms with E-state index in [0.717, 1.165) is 23.6 Å². The minimum atomic E-state index is -0.895. The Hall–Kier alpha value is -2.00. The molecule has 0 unspecified atom stereocenters. The van der Waals surface area contributed by atoms with Crippen LogP contribution in [-0.4, -0.2) is 17.1 Å². The molecule has 2 aromatic rings. The first kappa shape index (κ1) is 14.0. The summed E-state index contributed by atoms with van der Waals surface area (Å²) in [6.07, 6.45) is 2.17. The maximum Gasteiger partial charge on any atom is 0.335 e. The molecule has 0 saturated heterocycles. The third kappa shape index (κ3) is 3.19. The van der Waals surface area contributed by atoms with Gasteiger partial charge < -0.3 is 10.4 Å². The summed E-state index contributed by atoms with van der Waals surface area (Å²) in [5.74, 6) is -0.314. The number of benzene rings is 2. The monoisotopic (exact) mass is 301 g/mol. The molecule has 0 bridgehead atoms. The molecule has 0 radical (unpaired) electrons. The largest absolute Gasteiger partial charge is 0.478 e. The van der Waals surface area contributed by atoms with E-state index in [1.54, 1.807) is 12.1 Å². The molecule has 0 aliphatic heterocycles. The molecule has 2 N–H and O–H groups in total. The van der Waals surface area contributed by atoms with Gasteiger partial charge in [0.1, 0.15) is 0 Å². The Bertz CT molecular complexity index is 631. The van der Waals surface area contributed by atoms with Crippen molar-refractivity contribution in [2.75, 3.05) is 5.32 Å². The van der Waals surface area contributed by atoms with Gasteiger partial charge in [-0.3, -0.25) is 0 Å². The van der Waals surface area contributed by atoms with Crippen LogP contribution in [0, 0.1) is 0 Å². The van der Waals surface area contributed by atoms with Gasteiger partial charge in [0.2, 0.25) is 0 Å². The molecule has 0 aromatic heterocycles. The fraction of sp³-hybridized carbons (Fsp3) is 0.235. The van der Waals surface area contributed by atoms with Crippen molar-refractivity contribution in [1.29, 1.82) is 0 Å². The lowest BCUT2D eigenvalue weighted by Gasteiger charge is -2.37. The van der Waals surface area contributed by atoms with Gasteiger partial charge >= 0.3 is 5.97 Å². The van der Waals surface area contributed by atoms with Crippen LogP contribution in [0.2, 0.25) is 5.02 Å². The number of nitrogens with one attached hydrogen (secondary N) is 1. The predicted octanol–water partition coefficient (Wildman–Crippen LogP) is 4.40. The Morgan fingerprint density at radius 3 is 2.24 bits per heavy atom. The Morgan fingerprint density at radius 2 is 1.67 bits per heavy atom. The van der Waals surface area contributed by atoms with Crippen molar-refractivity contribution in [3.63, 3.8) is 0 Å². The van der Waals surface area contributed by atoms with Crippen molar-refractivity contribution in [3.8, 4) is 0 Å². The Kier molecular flexibility index (Phi) is 3.84. The standard InChI is InChI=1S/C17H16ClNO2/c18-14-5-1-11(2-6-14)13-9-16(10-13)19-15-7-3-12(4-8-15)17(20)21/h1-8,13,16,19H,9-10H2,(H,20,21). The molecule has 4 heteroatoms. The first-order valence-corrected chi connectivity index (χ1v) is 7.35. The lowest BCUT2D eigenvalue weighted by atomic mass is 9.76. The molecule has 0 spiro atoms. The molecular weight excluding hydrogens is 286 g/mol. The van der Waals surface area contributed by atoms with Gasteiger partial charge in [-0.1, -0.05) is 23.7 Å². The van der Waals surface area contributed by atoms with E-state index in [-0.39, 0.29) is 0 Å². The summed E-state index contributed by atoms with van der Waals surface area (Å²) in [5.41, 5.74) is 2.62. The molecule has 1 fully saturated rings. The van der Waals surface area contributed by atoms with Crippen LogP contribution >= 0.6 is 11.6 Å². The molecule has 1 aliphatic rings. The van der Waals surface area contributed by atoms with Crippen LogP contribution in [0.1, 0.15) is 34.7 Å². The number of aromatic carboxylic acids is 1.